The van der Waals surface area contributed by atoms with Crippen molar-refractivity contribution in [2.24, 2.45) is 0 Å². The number of carbonyl (C=O) groups is 2. The minimum absolute atomic E-state index is 0.000379. The number of ketones is 1. The molecule has 1 aliphatic heterocycles. The Labute approximate surface area is 95.4 Å². The maximum Gasteiger partial charge on any atom is 0.235 e. The lowest BCUT2D eigenvalue weighted by atomic mass is 10.3. The zero-order chi connectivity index (χ0) is 11.0. The van der Waals surface area contributed by atoms with E-state index in [1.54, 1.807) is 6.20 Å². The molecule has 0 aromatic carbocycles. The second kappa shape index (κ2) is 3.73. The van der Waals surface area contributed by atoms with Crippen molar-refractivity contribution >= 4 is 33.3 Å². The third-order valence-corrected chi connectivity index (χ3v) is 2.84. The van der Waals surface area contributed by atoms with Crippen molar-refractivity contribution in [1.82, 2.24) is 4.98 Å². The molecule has 78 valence electrons. The summed E-state index contributed by atoms with van der Waals surface area (Å²) in [6, 6.07) is 1.84. The molecule has 2 rings (SSSR count). The Kier molecular flexibility index (Phi) is 2.56. The van der Waals surface area contributed by atoms with E-state index in [4.69, 9.17) is 0 Å². The lowest BCUT2D eigenvalue weighted by molar-refractivity contribution is -0.121. The Morgan fingerprint density at radius 2 is 2.20 bits per heavy atom. The molecule has 0 radical (unpaired) electrons. The fourth-order valence-corrected chi connectivity index (χ4v) is 1.96. The summed E-state index contributed by atoms with van der Waals surface area (Å²) in [5, 5.41) is 0. The number of amides is 1. The van der Waals surface area contributed by atoms with Crippen LogP contribution in [0.3, 0.4) is 0 Å². The van der Waals surface area contributed by atoms with Gasteiger partial charge in [-0.05, 0) is 34.5 Å². The molecule has 1 aromatic rings. The number of hydrogen-bond donors (Lipinski definition) is 0. The van der Waals surface area contributed by atoms with E-state index in [2.05, 4.69) is 20.9 Å². The summed E-state index contributed by atoms with van der Waals surface area (Å²) in [6.07, 6.45) is 1.70. The van der Waals surface area contributed by atoms with Crippen molar-refractivity contribution in [3.05, 3.63) is 22.4 Å². The van der Waals surface area contributed by atoms with Gasteiger partial charge in [0.2, 0.25) is 5.91 Å². The number of anilines is 1. The molecule has 1 amide bonds. The molecule has 1 saturated heterocycles. The highest BCUT2D eigenvalue weighted by atomic mass is 79.9. The van der Waals surface area contributed by atoms with E-state index in [-0.39, 0.29) is 24.7 Å². The monoisotopic (exact) mass is 268 g/mol. The molecule has 0 unspecified atom stereocenters. The van der Waals surface area contributed by atoms with Gasteiger partial charge < -0.3 is 4.90 Å². The van der Waals surface area contributed by atoms with Crippen molar-refractivity contribution in [1.29, 1.82) is 0 Å². The van der Waals surface area contributed by atoms with E-state index in [1.807, 2.05) is 13.0 Å². The third-order valence-electron chi connectivity index (χ3n) is 2.23. The second-order valence-corrected chi connectivity index (χ2v) is 4.27. The molecule has 1 aromatic heterocycles. The average molecular weight is 269 g/mol. The van der Waals surface area contributed by atoms with E-state index in [0.717, 1.165) is 5.56 Å². The Morgan fingerprint density at radius 1 is 1.47 bits per heavy atom. The number of pyridine rings is 1. The molecule has 5 heteroatoms. The van der Waals surface area contributed by atoms with Crippen LogP contribution in [0.15, 0.2) is 16.9 Å². The summed E-state index contributed by atoms with van der Waals surface area (Å²) in [7, 11) is 0. The number of rotatable bonds is 1. The Bertz CT molecular complexity index is 445. The maximum absolute atomic E-state index is 11.5. The SMILES string of the molecule is Cc1cnc(Br)c(N2CC(=O)CC2=O)c1. The number of aromatic nitrogens is 1. The van der Waals surface area contributed by atoms with Gasteiger partial charge in [0.15, 0.2) is 5.78 Å². The van der Waals surface area contributed by atoms with E-state index >= 15 is 0 Å². The molecule has 4 nitrogen and oxygen atoms in total. The zero-order valence-corrected chi connectivity index (χ0v) is 9.74. The van der Waals surface area contributed by atoms with Gasteiger partial charge in [0.05, 0.1) is 18.7 Å². The molecule has 0 N–H and O–H groups in total. The van der Waals surface area contributed by atoms with Crippen LogP contribution in [0.1, 0.15) is 12.0 Å². The van der Waals surface area contributed by atoms with Crippen molar-refractivity contribution < 1.29 is 9.59 Å². The van der Waals surface area contributed by atoms with Gasteiger partial charge >= 0.3 is 0 Å². The number of Topliss-reactive ketones (excluding diaryl/α,β-unsaturated/α-hetero) is 1. The molecule has 2 heterocycles. The van der Waals surface area contributed by atoms with Crippen LogP contribution in [0.25, 0.3) is 0 Å². The first-order valence-electron chi connectivity index (χ1n) is 4.52. The van der Waals surface area contributed by atoms with Gasteiger partial charge in [0, 0.05) is 6.20 Å². The van der Waals surface area contributed by atoms with Crippen LogP contribution >= 0.6 is 15.9 Å². The van der Waals surface area contributed by atoms with Crippen LogP contribution in [0.2, 0.25) is 0 Å². The van der Waals surface area contributed by atoms with E-state index in [1.165, 1.54) is 4.90 Å². The number of carbonyl (C=O) groups excluding carboxylic acids is 2. The summed E-state index contributed by atoms with van der Waals surface area (Å²) in [4.78, 5) is 28.2. The first kappa shape index (κ1) is 10.3. The van der Waals surface area contributed by atoms with Crippen molar-refractivity contribution in [2.45, 2.75) is 13.3 Å². The largest absolute Gasteiger partial charge is 0.302 e. The number of halogens is 1. The van der Waals surface area contributed by atoms with Gasteiger partial charge in [0.25, 0.3) is 0 Å². The highest BCUT2D eigenvalue weighted by Gasteiger charge is 2.30. The Morgan fingerprint density at radius 3 is 2.80 bits per heavy atom. The Balaban J connectivity index is 2.41. The minimum Gasteiger partial charge on any atom is -0.302 e. The van der Waals surface area contributed by atoms with Gasteiger partial charge in [-0.25, -0.2) is 4.98 Å². The average Bonchev–Trinajstić information content (AvgIpc) is 2.50. The van der Waals surface area contributed by atoms with Crippen LogP contribution in [-0.4, -0.2) is 23.2 Å². The summed E-state index contributed by atoms with van der Waals surface area (Å²) in [5.41, 5.74) is 1.63. The lowest BCUT2D eigenvalue weighted by Crippen LogP contribution is -2.25. The van der Waals surface area contributed by atoms with E-state index < -0.39 is 0 Å². The third kappa shape index (κ3) is 1.92. The summed E-state index contributed by atoms with van der Waals surface area (Å²) in [6.45, 7) is 2.05. The molecular formula is C10H9BrN2O2. The normalized spacial score (nSPS) is 16.3. The number of hydrogen-bond acceptors (Lipinski definition) is 3. The fraction of sp³-hybridized carbons (Fsp3) is 0.300. The Hall–Kier alpha value is -1.23. The quantitative estimate of drug-likeness (QED) is 0.573. The van der Waals surface area contributed by atoms with Crippen LogP contribution in [0.5, 0.6) is 0 Å². The minimum atomic E-state index is -0.159. The van der Waals surface area contributed by atoms with Crippen LogP contribution < -0.4 is 4.90 Å². The molecule has 1 aliphatic rings. The zero-order valence-electron chi connectivity index (χ0n) is 8.16. The summed E-state index contributed by atoms with van der Waals surface area (Å²) < 4.78 is 0.594. The molecule has 0 bridgehead atoms. The molecule has 0 atom stereocenters. The van der Waals surface area contributed by atoms with E-state index in [9.17, 15) is 9.59 Å². The molecule has 1 fully saturated rings. The maximum atomic E-state index is 11.5. The highest BCUT2D eigenvalue weighted by Crippen LogP contribution is 2.27. The van der Waals surface area contributed by atoms with Crippen LogP contribution in [0, 0.1) is 6.92 Å². The topological polar surface area (TPSA) is 50.3 Å². The predicted molar refractivity (Wildman–Crippen MR) is 58.7 cm³/mol. The fourth-order valence-electron chi connectivity index (χ4n) is 1.53. The van der Waals surface area contributed by atoms with Gasteiger partial charge in [-0.1, -0.05) is 0 Å². The van der Waals surface area contributed by atoms with Crippen molar-refractivity contribution in [3.63, 3.8) is 0 Å². The highest BCUT2D eigenvalue weighted by molar-refractivity contribution is 9.10. The van der Waals surface area contributed by atoms with E-state index in [0.29, 0.717) is 10.3 Å². The number of nitrogens with zero attached hydrogens (tertiary/aromatic N) is 2. The second-order valence-electron chi connectivity index (χ2n) is 3.52. The standard InChI is InChI=1S/C10H9BrN2O2/c1-6-2-8(10(11)12-4-6)13-5-7(14)3-9(13)15/h2,4H,3,5H2,1H3. The van der Waals surface area contributed by atoms with Gasteiger partial charge in [-0.15, -0.1) is 0 Å². The van der Waals surface area contributed by atoms with Crippen LogP contribution in [-0.2, 0) is 9.59 Å². The summed E-state index contributed by atoms with van der Waals surface area (Å²) >= 11 is 3.27. The summed E-state index contributed by atoms with van der Waals surface area (Å²) in [5.74, 6) is -0.207. The van der Waals surface area contributed by atoms with Gasteiger partial charge in [-0.3, -0.25) is 9.59 Å². The van der Waals surface area contributed by atoms with Gasteiger partial charge in [-0.2, -0.15) is 0 Å². The smallest absolute Gasteiger partial charge is 0.235 e. The molecule has 0 aliphatic carbocycles. The predicted octanol–water partition coefficient (Wildman–Crippen LogP) is 1.46. The number of aryl methyl sites for hydroxylation is 1. The first-order chi connectivity index (χ1) is 7.08. The van der Waals surface area contributed by atoms with Gasteiger partial charge in [0.1, 0.15) is 4.60 Å². The van der Waals surface area contributed by atoms with Crippen molar-refractivity contribution in [2.75, 3.05) is 11.4 Å². The first-order valence-corrected chi connectivity index (χ1v) is 5.31. The molecular weight excluding hydrogens is 260 g/mol. The lowest BCUT2D eigenvalue weighted by Gasteiger charge is -2.16. The molecule has 0 spiro atoms. The van der Waals surface area contributed by atoms with Crippen molar-refractivity contribution in [3.8, 4) is 0 Å². The molecule has 15 heavy (non-hydrogen) atoms. The molecule has 0 saturated carbocycles. The van der Waals surface area contributed by atoms with Crippen LogP contribution in [0.4, 0.5) is 5.69 Å².